The van der Waals surface area contributed by atoms with Crippen LogP contribution in [0.2, 0.25) is 0 Å². The van der Waals surface area contributed by atoms with E-state index >= 15 is 0 Å². The predicted molar refractivity (Wildman–Crippen MR) is 68.8 cm³/mol. The van der Waals surface area contributed by atoms with Gasteiger partial charge in [-0.2, -0.15) is 0 Å². The molecule has 1 aromatic carbocycles. The van der Waals surface area contributed by atoms with Gasteiger partial charge in [0.25, 0.3) is 0 Å². The number of hydrogen-bond donors (Lipinski definition) is 2. The van der Waals surface area contributed by atoms with Crippen LogP contribution in [0.3, 0.4) is 0 Å². The Morgan fingerprint density at radius 3 is 2.78 bits per heavy atom. The fraction of sp³-hybridized carbons (Fsp3) is 0.462. The lowest BCUT2D eigenvalue weighted by Crippen LogP contribution is -2.44. The van der Waals surface area contributed by atoms with E-state index in [9.17, 15) is 9.90 Å². The molecular formula is C13H18N2O3. The number of rotatable bonds is 2. The molecule has 1 fully saturated rings. The quantitative estimate of drug-likeness (QED) is 0.839. The third-order valence-electron chi connectivity index (χ3n) is 3.03. The minimum absolute atomic E-state index is 0.168. The summed E-state index contributed by atoms with van der Waals surface area (Å²) in [5, 5.41) is 12.3. The van der Waals surface area contributed by atoms with E-state index in [0.717, 1.165) is 24.3 Å². The maximum absolute atomic E-state index is 11.9. The molecule has 18 heavy (non-hydrogen) atoms. The van der Waals surface area contributed by atoms with Crippen LogP contribution in [-0.4, -0.2) is 42.3 Å². The Bertz CT molecular complexity index is 405. The number of hydrogen-bond acceptors (Lipinski definition) is 3. The number of β-amino-alcohol motifs (C(OH)–C–C–N with tert-alkyl or cyclic N) is 1. The molecule has 1 saturated heterocycles. The minimum Gasteiger partial charge on any atom is -0.497 e. The van der Waals surface area contributed by atoms with Crippen molar-refractivity contribution in [1.82, 2.24) is 4.90 Å². The average molecular weight is 250 g/mol. The first-order chi connectivity index (χ1) is 8.69. The number of urea groups is 1. The minimum atomic E-state index is -0.402. The highest BCUT2D eigenvalue weighted by Crippen LogP contribution is 2.16. The highest BCUT2D eigenvalue weighted by atomic mass is 16.5. The molecule has 0 bridgehead atoms. The molecule has 1 aliphatic heterocycles. The van der Waals surface area contributed by atoms with Gasteiger partial charge in [0.1, 0.15) is 5.75 Å². The second-order valence-corrected chi connectivity index (χ2v) is 4.40. The average Bonchev–Trinajstić information content (AvgIpc) is 2.39. The summed E-state index contributed by atoms with van der Waals surface area (Å²) in [4.78, 5) is 13.6. The van der Waals surface area contributed by atoms with E-state index in [0.29, 0.717) is 13.1 Å². The van der Waals surface area contributed by atoms with E-state index in [-0.39, 0.29) is 6.03 Å². The lowest BCUT2D eigenvalue weighted by Gasteiger charge is -2.30. The lowest BCUT2D eigenvalue weighted by molar-refractivity contribution is 0.0883. The van der Waals surface area contributed by atoms with Crippen LogP contribution in [0.25, 0.3) is 0 Å². The molecule has 5 heteroatoms. The van der Waals surface area contributed by atoms with Gasteiger partial charge in [-0.25, -0.2) is 4.79 Å². The Labute approximate surface area is 106 Å². The topological polar surface area (TPSA) is 61.8 Å². The van der Waals surface area contributed by atoms with Gasteiger partial charge in [-0.1, -0.05) is 0 Å². The first-order valence-corrected chi connectivity index (χ1v) is 6.07. The second-order valence-electron chi connectivity index (χ2n) is 4.40. The van der Waals surface area contributed by atoms with Crippen LogP contribution in [0, 0.1) is 0 Å². The van der Waals surface area contributed by atoms with Gasteiger partial charge in [0.2, 0.25) is 0 Å². The van der Waals surface area contributed by atoms with E-state index < -0.39 is 6.10 Å². The van der Waals surface area contributed by atoms with Gasteiger partial charge in [0.15, 0.2) is 0 Å². The first-order valence-electron chi connectivity index (χ1n) is 6.07. The van der Waals surface area contributed by atoms with Crippen LogP contribution in [0.5, 0.6) is 5.75 Å². The van der Waals surface area contributed by atoms with Gasteiger partial charge < -0.3 is 20.1 Å². The van der Waals surface area contributed by atoms with Crippen LogP contribution in [0.4, 0.5) is 10.5 Å². The standard InChI is InChI=1S/C13H18N2O3/c1-18-12-6-4-10(5-7-12)14-13(17)15-8-2-3-11(16)9-15/h4-7,11,16H,2-3,8-9H2,1H3,(H,14,17)/t11-/m0/s1. The lowest BCUT2D eigenvalue weighted by atomic mass is 10.1. The Balaban J connectivity index is 1.93. The van der Waals surface area contributed by atoms with Gasteiger partial charge in [-0.05, 0) is 37.1 Å². The summed E-state index contributed by atoms with van der Waals surface area (Å²) in [5.74, 6) is 0.751. The number of ether oxygens (including phenoxy) is 1. The van der Waals surface area contributed by atoms with Crippen molar-refractivity contribution < 1.29 is 14.6 Å². The number of amides is 2. The Morgan fingerprint density at radius 1 is 1.44 bits per heavy atom. The molecule has 0 aliphatic carbocycles. The third-order valence-corrected chi connectivity index (χ3v) is 3.03. The molecule has 0 saturated carbocycles. The molecule has 1 atom stereocenters. The number of aliphatic hydroxyl groups is 1. The highest BCUT2D eigenvalue weighted by molar-refractivity contribution is 5.89. The summed E-state index contributed by atoms with van der Waals surface area (Å²) >= 11 is 0. The molecule has 1 aliphatic rings. The third kappa shape index (κ3) is 3.13. The molecule has 2 rings (SSSR count). The molecule has 0 unspecified atom stereocenters. The molecule has 5 nitrogen and oxygen atoms in total. The fourth-order valence-electron chi connectivity index (χ4n) is 2.02. The molecule has 2 amide bonds. The largest absolute Gasteiger partial charge is 0.497 e. The Hall–Kier alpha value is -1.75. The van der Waals surface area contributed by atoms with Crippen LogP contribution in [0.15, 0.2) is 24.3 Å². The summed E-state index contributed by atoms with van der Waals surface area (Å²) < 4.78 is 5.05. The maximum atomic E-state index is 11.9. The zero-order valence-electron chi connectivity index (χ0n) is 10.4. The molecule has 1 aromatic rings. The first kappa shape index (κ1) is 12.7. The van der Waals surface area contributed by atoms with Crippen molar-refractivity contribution in [3.63, 3.8) is 0 Å². The normalized spacial score (nSPS) is 19.4. The van der Waals surface area contributed by atoms with E-state index in [4.69, 9.17) is 4.74 Å². The molecule has 0 radical (unpaired) electrons. The van der Waals surface area contributed by atoms with Crippen LogP contribution >= 0.6 is 0 Å². The number of nitrogens with zero attached hydrogens (tertiary/aromatic N) is 1. The summed E-state index contributed by atoms with van der Waals surface area (Å²) in [6.07, 6.45) is 1.21. The fourth-order valence-corrected chi connectivity index (χ4v) is 2.02. The molecule has 0 spiro atoms. The van der Waals surface area contributed by atoms with E-state index in [1.54, 1.807) is 36.3 Å². The second kappa shape index (κ2) is 5.73. The number of piperidine rings is 1. The molecule has 2 N–H and O–H groups in total. The zero-order valence-corrected chi connectivity index (χ0v) is 10.4. The monoisotopic (exact) mass is 250 g/mol. The number of aliphatic hydroxyl groups excluding tert-OH is 1. The zero-order chi connectivity index (χ0) is 13.0. The molecule has 0 aromatic heterocycles. The van der Waals surface area contributed by atoms with Crippen molar-refractivity contribution in [3.8, 4) is 5.75 Å². The number of methoxy groups -OCH3 is 1. The van der Waals surface area contributed by atoms with E-state index in [1.807, 2.05) is 0 Å². The predicted octanol–water partition coefficient (Wildman–Crippen LogP) is 1.68. The summed E-state index contributed by atoms with van der Waals surface area (Å²) in [6.45, 7) is 1.10. The number of carbonyl (C=O) groups excluding carboxylic acids is 1. The summed E-state index contributed by atoms with van der Waals surface area (Å²) in [5.41, 5.74) is 0.723. The van der Waals surface area contributed by atoms with Gasteiger partial charge >= 0.3 is 6.03 Å². The maximum Gasteiger partial charge on any atom is 0.321 e. The number of nitrogens with one attached hydrogen (secondary N) is 1. The summed E-state index contributed by atoms with van der Waals surface area (Å²) in [7, 11) is 1.60. The molecule has 1 heterocycles. The van der Waals surface area contributed by atoms with Crippen molar-refractivity contribution in [3.05, 3.63) is 24.3 Å². The van der Waals surface area contributed by atoms with E-state index in [1.165, 1.54) is 0 Å². The van der Waals surface area contributed by atoms with Crippen molar-refractivity contribution in [2.24, 2.45) is 0 Å². The number of carbonyl (C=O) groups is 1. The van der Waals surface area contributed by atoms with Crippen LogP contribution in [0.1, 0.15) is 12.8 Å². The van der Waals surface area contributed by atoms with E-state index in [2.05, 4.69) is 5.32 Å². The SMILES string of the molecule is COc1ccc(NC(=O)N2CCC[C@H](O)C2)cc1. The van der Waals surface area contributed by atoms with Gasteiger partial charge in [0, 0.05) is 18.8 Å². The Kier molecular flexibility index (Phi) is 4.04. The van der Waals surface area contributed by atoms with Gasteiger partial charge in [-0.15, -0.1) is 0 Å². The molecular weight excluding hydrogens is 232 g/mol. The van der Waals surface area contributed by atoms with Gasteiger partial charge in [0.05, 0.1) is 13.2 Å². The number of anilines is 1. The van der Waals surface area contributed by atoms with Crippen molar-refractivity contribution >= 4 is 11.7 Å². The summed E-state index contributed by atoms with van der Waals surface area (Å²) in [6, 6.07) is 6.99. The highest BCUT2D eigenvalue weighted by Gasteiger charge is 2.21. The van der Waals surface area contributed by atoms with Gasteiger partial charge in [-0.3, -0.25) is 0 Å². The van der Waals surface area contributed by atoms with Crippen molar-refractivity contribution in [1.29, 1.82) is 0 Å². The van der Waals surface area contributed by atoms with Crippen molar-refractivity contribution in [2.45, 2.75) is 18.9 Å². The smallest absolute Gasteiger partial charge is 0.321 e. The number of likely N-dealkylation sites (tertiary alicyclic amines) is 1. The van der Waals surface area contributed by atoms with Crippen LogP contribution < -0.4 is 10.1 Å². The number of benzene rings is 1. The Morgan fingerprint density at radius 2 is 2.17 bits per heavy atom. The van der Waals surface area contributed by atoms with Crippen molar-refractivity contribution in [2.75, 3.05) is 25.5 Å². The van der Waals surface area contributed by atoms with Crippen LogP contribution in [-0.2, 0) is 0 Å². The molecule has 98 valence electrons.